The molecule has 0 amide bonds. The fraction of sp³-hybridized carbons (Fsp3) is 0.753. The number of nitrogens with zero attached hydrogens (tertiary/aromatic N) is 6. The second kappa shape index (κ2) is 63.1. The van der Waals surface area contributed by atoms with Crippen LogP contribution in [0.25, 0.3) is 0 Å². The summed E-state index contributed by atoms with van der Waals surface area (Å²) >= 11 is 0. The van der Waals surface area contributed by atoms with E-state index < -0.39 is 0 Å². The highest BCUT2D eigenvalue weighted by Gasteiger charge is 2.39. The van der Waals surface area contributed by atoms with Gasteiger partial charge in [0.05, 0.1) is 12.6 Å². The Hall–Kier alpha value is -3.84. The number of pyridine rings is 1. The molecule has 3 saturated heterocycles. The third-order valence-corrected chi connectivity index (χ3v) is 19.9. The number of benzene rings is 3. The lowest BCUT2D eigenvalue weighted by molar-refractivity contribution is 0.117. The average molecular weight is 1430 g/mol. The first-order valence-electron chi connectivity index (χ1n) is 43.5. The van der Waals surface area contributed by atoms with Crippen LogP contribution in [-0.4, -0.2) is 93.9 Å². The molecule has 9 rings (SSSR count). The van der Waals surface area contributed by atoms with Crippen molar-refractivity contribution in [3.05, 3.63) is 135 Å². The van der Waals surface area contributed by atoms with E-state index in [4.69, 9.17) is 0 Å². The van der Waals surface area contributed by atoms with Gasteiger partial charge in [-0.3, -0.25) is 14.9 Å². The summed E-state index contributed by atoms with van der Waals surface area (Å²) in [6, 6.07) is 31.8. The molecule has 1 aromatic heterocycles. The van der Waals surface area contributed by atoms with E-state index in [0.717, 1.165) is 73.3 Å². The standard InChI is InChI=1S/C14H21N.C12H22N2.2C12H18.C11H17N.2C11H23N.7C2H6/c1-10(2)12-5-6-13-8-15(11(3)4)9-14(13)7-12;1-8(2)10-5-11-6-13-12(9(3)4)14(11)7-10;1-9(2)11-6-5-7-12(8-11)10(3)4;1-9(2)11-7-5-6-8-12(11)10(3)4;1-8(2)10-5-6-12-11(7-10)9(3)4;2*1-9(2)11-6-5-7-12(8-11)10(3)4;7*1-2/h5-7,10-11H,8-9H2,1-4H3;8-11H,5-7H2,1-4H3;2*5-10H,1-4H3;5-9H,1-4H3;2*9-11H,5-8H2,1-4H3;7*1-2H3. The van der Waals surface area contributed by atoms with E-state index in [2.05, 4.69) is 302 Å². The zero-order valence-electron chi connectivity index (χ0n) is 77.4. The van der Waals surface area contributed by atoms with Gasteiger partial charge in [0.2, 0.25) is 0 Å². The third kappa shape index (κ3) is 43.1. The van der Waals surface area contributed by atoms with Crippen molar-refractivity contribution in [1.82, 2.24) is 24.6 Å². The molecule has 6 heterocycles. The predicted octanol–water partition coefficient (Wildman–Crippen LogP) is 29.8. The molecule has 0 aliphatic carbocycles. The molecular weight excluding hydrogens is 1250 g/mol. The monoisotopic (exact) mass is 1430 g/mol. The summed E-state index contributed by atoms with van der Waals surface area (Å²) in [5.74, 6) is 11.7. The zero-order valence-corrected chi connectivity index (χ0v) is 77.4. The molecule has 0 spiro atoms. The Morgan fingerprint density at radius 2 is 0.718 bits per heavy atom. The van der Waals surface area contributed by atoms with Crippen LogP contribution >= 0.6 is 0 Å². The van der Waals surface area contributed by atoms with E-state index in [1.807, 2.05) is 103 Å². The quantitative estimate of drug-likeness (QED) is 0.126. The summed E-state index contributed by atoms with van der Waals surface area (Å²) < 4.78 is 0. The summed E-state index contributed by atoms with van der Waals surface area (Å²) in [5, 5.41) is 0. The van der Waals surface area contributed by atoms with Gasteiger partial charge >= 0.3 is 0 Å². The maximum Gasteiger partial charge on any atom is 0.102 e. The molecule has 0 N–H and O–H groups in total. The number of fused-ring (bicyclic) bond motifs is 2. The largest absolute Gasteiger partial charge is 0.355 e. The van der Waals surface area contributed by atoms with Gasteiger partial charge in [0.15, 0.2) is 0 Å². The first-order valence-corrected chi connectivity index (χ1v) is 43.5. The molecule has 4 atom stereocenters. The first kappa shape index (κ1) is 108. The van der Waals surface area contributed by atoms with Crippen molar-refractivity contribution in [3.63, 3.8) is 0 Å². The van der Waals surface area contributed by atoms with Crippen LogP contribution in [0.2, 0.25) is 0 Å². The van der Waals surface area contributed by atoms with Crippen LogP contribution in [-0.2, 0) is 13.1 Å². The minimum absolute atomic E-state index is 0.531. The van der Waals surface area contributed by atoms with Crippen LogP contribution in [0.4, 0.5) is 0 Å². The minimum Gasteiger partial charge on any atom is -0.355 e. The lowest BCUT2D eigenvalue weighted by Gasteiger charge is -2.37. The number of amidine groups is 1. The van der Waals surface area contributed by atoms with Crippen molar-refractivity contribution < 1.29 is 0 Å². The summed E-state index contributed by atoms with van der Waals surface area (Å²) in [5.41, 5.74) is 13.0. The van der Waals surface area contributed by atoms with E-state index >= 15 is 0 Å². The highest BCUT2D eigenvalue weighted by atomic mass is 15.3. The molecule has 103 heavy (non-hydrogen) atoms. The lowest BCUT2D eigenvalue weighted by atomic mass is 9.87. The Labute approximate surface area is 649 Å². The van der Waals surface area contributed by atoms with Crippen LogP contribution in [0.3, 0.4) is 0 Å². The van der Waals surface area contributed by atoms with Gasteiger partial charge in [-0.1, -0.05) is 316 Å². The van der Waals surface area contributed by atoms with E-state index in [0.29, 0.717) is 53.4 Å². The fourth-order valence-electron chi connectivity index (χ4n) is 12.9. The van der Waals surface area contributed by atoms with Gasteiger partial charge in [0.1, 0.15) is 5.84 Å². The molecule has 3 fully saturated rings. The molecule has 3 aromatic carbocycles. The number of piperidine rings is 2. The SMILES string of the molecule is CC.CC.CC.CC.CC.CC.CC.CC(C)C1=NCC2CC(C(C)C)CN12.CC(C)C1CCCN(C(C)C)C1.CC(C)C1CCCN(C(C)C)C1.CC(C)c1ccc2c(c1)CN(C(C)C)C2.CC(C)c1cccc(C(C)C)c1.CC(C)c1ccccc1C(C)C.CC(C)c1ccnc(C(C)C)c1. The van der Waals surface area contributed by atoms with E-state index in [1.165, 1.54) is 121 Å². The van der Waals surface area contributed by atoms with Gasteiger partial charge in [-0.05, 0) is 220 Å². The van der Waals surface area contributed by atoms with Crippen LogP contribution in [0.15, 0.2) is 90.1 Å². The molecule has 5 aliphatic rings. The van der Waals surface area contributed by atoms with E-state index in [-0.39, 0.29) is 0 Å². The molecule has 0 bridgehead atoms. The molecule has 4 aromatic rings. The average Bonchev–Trinajstić information content (AvgIpc) is 1.65. The van der Waals surface area contributed by atoms with Crippen LogP contribution in [0, 0.1) is 41.4 Å². The van der Waals surface area contributed by atoms with Crippen molar-refractivity contribution in [2.45, 2.75) is 402 Å². The lowest BCUT2D eigenvalue weighted by Crippen LogP contribution is -2.41. The van der Waals surface area contributed by atoms with Crippen molar-refractivity contribution in [1.29, 1.82) is 0 Å². The first-order chi connectivity index (χ1) is 48.7. The number of rotatable bonds is 14. The van der Waals surface area contributed by atoms with Crippen LogP contribution in [0.5, 0.6) is 0 Å². The number of aromatic nitrogens is 1. The van der Waals surface area contributed by atoms with Gasteiger partial charge in [-0.15, -0.1) is 0 Å². The van der Waals surface area contributed by atoms with E-state index in [9.17, 15) is 0 Å². The molecule has 602 valence electrons. The summed E-state index contributed by atoms with van der Waals surface area (Å²) in [7, 11) is 0. The van der Waals surface area contributed by atoms with Crippen molar-refractivity contribution >= 4 is 5.84 Å². The Balaban J connectivity index is -0.000000352. The molecule has 4 unspecified atom stereocenters. The Kier molecular flexibility index (Phi) is 66.0. The molecule has 0 saturated carbocycles. The highest BCUT2D eigenvalue weighted by Crippen LogP contribution is 2.34. The predicted molar refractivity (Wildman–Crippen MR) is 475 cm³/mol. The second-order valence-electron chi connectivity index (χ2n) is 31.8. The second-order valence-corrected chi connectivity index (χ2v) is 31.8. The Morgan fingerprint density at radius 1 is 0.340 bits per heavy atom. The topological polar surface area (TPSA) is 38.2 Å². The maximum absolute atomic E-state index is 4.66. The van der Waals surface area contributed by atoms with Crippen molar-refractivity contribution in [3.8, 4) is 0 Å². The summed E-state index contributed by atoms with van der Waals surface area (Å²) in [4.78, 5) is 19.3. The number of aliphatic imine (C=N–C) groups is 1. The molecule has 0 radical (unpaired) electrons. The summed E-state index contributed by atoms with van der Waals surface area (Å²) in [6.07, 6.45) is 8.96. The highest BCUT2D eigenvalue weighted by molar-refractivity contribution is 5.86. The van der Waals surface area contributed by atoms with Crippen LogP contribution < -0.4 is 0 Å². The Bertz CT molecular complexity index is 2390. The number of hydrogen-bond donors (Lipinski definition) is 0. The van der Waals surface area contributed by atoms with Gasteiger partial charge < -0.3 is 14.7 Å². The normalized spacial score (nSPS) is 17.3. The van der Waals surface area contributed by atoms with Crippen molar-refractivity contribution in [2.24, 2.45) is 46.4 Å². The molecule has 6 nitrogen and oxygen atoms in total. The molecule has 6 heteroatoms. The minimum atomic E-state index is 0.531. The smallest absolute Gasteiger partial charge is 0.102 e. The van der Waals surface area contributed by atoms with Gasteiger partial charge in [-0.25, -0.2) is 0 Å². The zero-order chi connectivity index (χ0) is 81.0. The van der Waals surface area contributed by atoms with Crippen LogP contribution in [0.1, 0.15) is 415 Å². The van der Waals surface area contributed by atoms with Crippen molar-refractivity contribution in [2.75, 3.05) is 39.3 Å². The molecule has 5 aliphatic heterocycles. The number of likely N-dealkylation sites (tertiary alicyclic amines) is 2. The number of hydrogen-bond acceptors (Lipinski definition) is 6. The maximum atomic E-state index is 4.66. The summed E-state index contributed by atoms with van der Waals surface area (Å²) in [6.45, 7) is 101. The third-order valence-electron chi connectivity index (χ3n) is 19.9. The van der Waals surface area contributed by atoms with Gasteiger partial charge in [0.25, 0.3) is 0 Å². The van der Waals surface area contributed by atoms with Gasteiger partial charge in [-0.2, -0.15) is 0 Å². The Morgan fingerprint density at radius 3 is 1.07 bits per heavy atom. The van der Waals surface area contributed by atoms with Gasteiger partial charge in [0, 0.05) is 68.7 Å². The van der Waals surface area contributed by atoms with E-state index in [1.54, 1.807) is 0 Å². The molecular formula is C97H184N6. The fourth-order valence-corrected chi connectivity index (χ4v) is 12.9.